The van der Waals surface area contributed by atoms with Crippen molar-refractivity contribution < 1.29 is 13.9 Å². The Morgan fingerprint density at radius 2 is 2.08 bits per heavy atom. The average Bonchev–Trinajstić information content (AvgIpc) is 3.17. The van der Waals surface area contributed by atoms with Gasteiger partial charge in [0.25, 0.3) is 0 Å². The molecule has 1 unspecified atom stereocenters. The Morgan fingerprint density at radius 1 is 1.23 bits per heavy atom. The van der Waals surface area contributed by atoms with Crippen LogP contribution in [0.1, 0.15) is 25.3 Å². The number of nitrogens with zero attached hydrogens (tertiary/aromatic N) is 4. The second kappa shape index (κ2) is 6.80. The molecule has 3 aromatic rings. The van der Waals surface area contributed by atoms with Gasteiger partial charge in [-0.1, -0.05) is 36.9 Å². The van der Waals surface area contributed by atoms with Crippen LogP contribution in [-0.4, -0.2) is 27.3 Å². The van der Waals surface area contributed by atoms with E-state index in [2.05, 4.69) is 15.2 Å². The highest BCUT2D eigenvalue weighted by atomic mass is 32.2. The second-order valence-electron chi connectivity index (χ2n) is 5.57. The molecule has 1 aromatic carbocycles. The Bertz CT molecular complexity index is 945. The Morgan fingerprint density at radius 3 is 2.81 bits per heavy atom. The zero-order chi connectivity index (χ0) is 18.1. The fourth-order valence-corrected chi connectivity index (χ4v) is 3.15. The molecule has 3 heterocycles. The lowest BCUT2D eigenvalue weighted by Gasteiger charge is -2.28. The van der Waals surface area contributed by atoms with Crippen LogP contribution in [0.25, 0.3) is 11.3 Å². The molecule has 1 atom stereocenters. The minimum absolute atomic E-state index is 0.0929. The van der Waals surface area contributed by atoms with E-state index in [0.29, 0.717) is 34.6 Å². The SMILES string of the molecule is CCC(=O)N1c2ccccc2-c2nnc(SC)nc2OC1c1ccco1. The first-order valence-electron chi connectivity index (χ1n) is 8.13. The highest BCUT2D eigenvalue weighted by Crippen LogP contribution is 2.43. The average molecular weight is 368 g/mol. The van der Waals surface area contributed by atoms with Crippen LogP contribution in [0.2, 0.25) is 0 Å². The van der Waals surface area contributed by atoms with Gasteiger partial charge in [-0.3, -0.25) is 9.69 Å². The molecule has 1 aliphatic heterocycles. The maximum atomic E-state index is 12.8. The van der Waals surface area contributed by atoms with Crippen LogP contribution in [0.15, 0.2) is 52.2 Å². The number of aromatic nitrogens is 3. The highest BCUT2D eigenvalue weighted by Gasteiger charge is 2.36. The van der Waals surface area contributed by atoms with E-state index in [1.54, 1.807) is 23.3 Å². The van der Waals surface area contributed by atoms with Gasteiger partial charge < -0.3 is 9.15 Å². The summed E-state index contributed by atoms with van der Waals surface area (Å²) >= 11 is 1.37. The molecule has 4 rings (SSSR count). The number of fused-ring (bicyclic) bond motifs is 3. The first kappa shape index (κ1) is 16.6. The number of rotatable bonds is 3. The summed E-state index contributed by atoms with van der Waals surface area (Å²) in [6.07, 6.45) is 2.97. The molecule has 132 valence electrons. The number of thioether (sulfide) groups is 1. The van der Waals surface area contributed by atoms with E-state index >= 15 is 0 Å². The molecule has 7 nitrogen and oxygen atoms in total. The summed E-state index contributed by atoms with van der Waals surface area (Å²) in [6.45, 7) is 1.81. The molecule has 0 fully saturated rings. The van der Waals surface area contributed by atoms with Crippen LogP contribution in [0, 0.1) is 0 Å². The molecule has 1 amide bonds. The van der Waals surface area contributed by atoms with Gasteiger partial charge in [0.05, 0.1) is 12.0 Å². The van der Waals surface area contributed by atoms with Crippen LogP contribution in [-0.2, 0) is 4.79 Å². The van der Waals surface area contributed by atoms with Crippen molar-refractivity contribution in [2.24, 2.45) is 0 Å². The first-order chi connectivity index (χ1) is 12.7. The van der Waals surface area contributed by atoms with E-state index in [1.165, 1.54) is 11.8 Å². The molecule has 8 heteroatoms. The molecular weight excluding hydrogens is 352 g/mol. The van der Waals surface area contributed by atoms with Gasteiger partial charge in [0.1, 0.15) is 0 Å². The Labute approximate surface area is 154 Å². The predicted molar refractivity (Wildman–Crippen MR) is 96.9 cm³/mol. The number of hydrogen-bond donors (Lipinski definition) is 0. The van der Waals surface area contributed by atoms with Gasteiger partial charge >= 0.3 is 0 Å². The number of carbonyl (C=O) groups is 1. The molecule has 0 radical (unpaired) electrons. The Kier molecular flexibility index (Phi) is 4.34. The number of benzene rings is 1. The van der Waals surface area contributed by atoms with Gasteiger partial charge in [0.2, 0.25) is 23.2 Å². The van der Waals surface area contributed by atoms with E-state index in [4.69, 9.17) is 9.15 Å². The van der Waals surface area contributed by atoms with Crippen LogP contribution in [0.3, 0.4) is 0 Å². The lowest BCUT2D eigenvalue weighted by Crippen LogP contribution is -2.37. The molecule has 0 saturated heterocycles. The molecule has 2 aromatic heterocycles. The minimum atomic E-state index is -0.772. The maximum Gasteiger partial charge on any atom is 0.247 e. The van der Waals surface area contributed by atoms with Crippen LogP contribution in [0.5, 0.6) is 5.88 Å². The highest BCUT2D eigenvalue weighted by molar-refractivity contribution is 7.98. The Hall–Kier alpha value is -2.87. The second-order valence-corrected chi connectivity index (χ2v) is 6.35. The molecular formula is C18H16N4O3S. The number of furan rings is 1. The van der Waals surface area contributed by atoms with Crippen molar-refractivity contribution in [2.45, 2.75) is 24.7 Å². The molecule has 26 heavy (non-hydrogen) atoms. The standard InChI is InChI=1S/C18H16N4O3S/c1-3-14(23)22-12-8-5-4-7-11(12)15-16(19-18(26-2)21-20-15)25-17(22)13-9-6-10-24-13/h4-10,17H,3H2,1-2H3. The topological polar surface area (TPSA) is 81.4 Å². The van der Waals surface area contributed by atoms with Crippen molar-refractivity contribution in [1.29, 1.82) is 0 Å². The van der Waals surface area contributed by atoms with Crippen molar-refractivity contribution in [2.75, 3.05) is 11.2 Å². The van der Waals surface area contributed by atoms with E-state index in [1.807, 2.05) is 37.4 Å². The summed E-state index contributed by atoms with van der Waals surface area (Å²) in [5, 5.41) is 8.92. The summed E-state index contributed by atoms with van der Waals surface area (Å²) in [5.41, 5.74) is 1.93. The lowest BCUT2D eigenvalue weighted by atomic mass is 10.1. The molecule has 0 saturated carbocycles. The summed E-state index contributed by atoms with van der Waals surface area (Å²) in [6, 6.07) is 11.0. The Balaban J connectivity index is 1.97. The van der Waals surface area contributed by atoms with E-state index in [0.717, 1.165) is 5.56 Å². The minimum Gasteiger partial charge on any atom is -0.463 e. The predicted octanol–water partition coefficient (Wildman–Crippen LogP) is 3.69. The monoisotopic (exact) mass is 368 g/mol. The molecule has 0 bridgehead atoms. The van der Waals surface area contributed by atoms with Crippen molar-refractivity contribution in [1.82, 2.24) is 15.2 Å². The van der Waals surface area contributed by atoms with Crippen LogP contribution < -0.4 is 9.64 Å². The first-order valence-corrected chi connectivity index (χ1v) is 9.35. The third-order valence-corrected chi connectivity index (χ3v) is 4.59. The number of anilines is 1. The number of hydrogen-bond acceptors (Lipinski definition) is 7. The number of para-hydroxylation sites is 1. The fourth-order valence-electron chi connectivity index (χ4n) is 2.86. The quantitative estimate of drug-likeness (QED) is 0.652. The van der Waals surface area contributed by atoms with E-state index < -0.39 is 6.23 Å². The largest absolute Gasteiger partial charge is 0.463 e. The van der Waals surface area contributed by atoms with Gasteiger partial charge in [-0.2, -0.15) is 4.98 Å². The normalized spacial score (nSPS) is 15.6. The fraction of sp³-hybridized carbons (Fsp3) is 0.222. The molecule has 1 aliphatic rings. The van der Waals surface area contributed by atoms with E-state index in [9.17, 15) is 4.79 Å². The molecule has 0 aliphatic carbocycles. The van der Waals surface area contributed by atoms with Gasteiger partial charge in [-0.15, -0.1) is 10.2 Å². The summed E-state index contributed by atoms with van der Waals surface area (Å²) in [4.78, 5) is 18.9. The zero-order valence-corrected chi connectivity index (χ0v) is 15.1. The summed E-state index contributed by atoms with van der Waals surface area (Å²) < 4.78 is 11.7. The maximum absolute atomic E-state index is 12.8. The van der Waals surface area contributed by atoms with Crippen molar-refractivity contribution in [3.63, 3.8) is 0 Å². The van der Waals surface area contributed by atoms with E-state index in [-0.39, 0.29) is 5.91 Å². The molecule has 0 spiro atoms. The number of amides is 1. The van der Waals surface area contributed by atoms with Crippen LogP contribution in [0.4, 0.5) is 5.69 Å². The number of ether oxygens (including phenoxy) is 1. The third kappa shape index (κ3) is 2.72. The van der Waals surface area contributed by atoms with Gasteiger partial charge in [0, 0.05) is 12.0 Å². The van der Waals surface area contributed by atoms with Gasteiger partial charge in [-0.25, -0.2) is 0 Å². The van der Waals surface area contributed by atoms with Crippen LogP contribution >= 0.6 is 11.8 Å². The zero-order valence-electron chi connectivity index (χ0n) is 14.2. The van der Waals surface area contributed by atoms with Gasteiger partial charge in [0.15, 0.2) is 11.5 Å². The lowest BCUT2D eigenvalue weighted by molar-refractivity contribution is -0.120. The van der Waals surface area contributed by atoms with Crippen molar-refractivity contribution in [3.8, 4) is 17.1 Å². The third-order valence-electron chi connectivity index (χ3n) is 4.05. The number of carbonyl (C=O) groups excluding carboxylic acids is 1. The summed E-state index contributed by atoms with van der Waals surface area (Å²) in [5.74, 6) is 0.744. The summed E-state index contributed by atoms with van der Waals surface area (Å²) in [7, 11) is 0. The smallest absolute Gasteiger partial charge is 0.247 e. The van der Waals surface area contributed by atoms with Gasteiger partial charge in [-0.05, 0) is 24.5 Å². The van der Waals surface area contributed by atoms with Crippen molar-refractivity contribution in [3.05, 3.63) is 48.4 Å². The molecule has 0 N–H and O–H groups in total. The van der Waals surface area contributed by atoms with Crippen molar-refractivity contribution >= 4 is 23.4 Å².